The first-order chi connectivity index (χ1) is 30.4. The molecular weight excluding hydrogens is 877 g/mol. The van der Waals surface area contributed by atoms with Crippen molar-refractivity contribution in [2.75, 3.05) is 25.1 Å². The molecule has 1 spiro atoms. The molecule has 4 heterocycles. The zero-order valence-electron chi connectivity index (χ0n) is 36.8. The van der Waals surface area contributed by atoms with E-state index in [-0.39, 0.29) is 68.4 Å². The Kier molecular flexibility index (Phi) is 13.3. The highest BCUT2D eigenvalue weighted by molar-refractivity contribution is 6.39. The van der Waals surface area contributed by atoms with E-state index in [0.29, 0.717) is 43.5 Å². The van der Waals surface area contributed by atoms with Crippen LogP contribution in [0.4, 0.5) is 10.5 Å². The van der Waals surface area contributed by atoms with Crippen LogP contribution in [0.3, 0.4) is 0 Å². The summed E-state index contributed by atoms with van der Waals surface area (Å²) in [5, 5.41) is 68.0. The van der Waals surface area contributed by atoms with Crippen molar-refractivity contribution >= 4 is 40.8 Å². The molecule has 358 valence electrons. The monoisotopic (exact) mass is 941 g/mol. The molecule has 16 nitrogen and oxygen atoms in total. The maximum atomic E-state index is 14.6. The van der Waals surface area contributed by atoms with Gasteiger partial charge in [0, 0.05) is 24.7 Å². The molecule has 64 heavy (non-hydrogen) atoms. The molecule has 0 aromatic heterocycles. The first-order valence-corrected chi connectivity index (χ1v) is 24.0. The minimum Gasteiger partial charge on any atom is -0.446 e. The van der Waals surface area contributed by atoms with Gasteiger partial charge in [-0.05, 0) is 97.5 Å². The van der Waals surface area contributed by atoms with Crippen LogP contribution in [0.15, 0.2) is 18.2 Å². The molecule has 4 saturated heterocycles. The predicted octanol–water partition coefficient (Wildman–Crippen LogP) is 4.18. The lowest BCUT2D eigenvalue weighted by atomic mass is 9.44. The Hall–Kier alpha value is -1.74. The topological polar surface area (TPSA) is 232 Å². The average Bonchev–Trinajstić information content (AvgIpc) is 3.70. The van der Waals surface area contributed by atoms with Gasteiger partial charge < -0.3 is 63.8 Å². The molecule has 1 amide bonds. The van der Waals surface area contributed by atoms with Gasteiger partial charge in [0.25, 0.3) is 0 Å². The lowest BCUT2D eigenvalue weighted by Crippen LogP contribution is -2.65. The summed E-state index contributed by atoms with van der Waals surface area (Å²) in [5.41, 5.74) is -0.263. The fourth-order valence-corrected chi connectivity index (χ4v) is 14.4. The first kappa shape index (κ1) is 47.3. The maximum Gasteiger partial charge on any atom is 0.411 e. The Morgan fingerprint density at radius 2 is 1.56 bits per heavy atom. The van der Waals surface area contributed by atoms with Gasteiger partial charge in [0.1, 0.15) is 61.2 Å². The molecule has 0 bridgehead atoms. The van der Waals surface area contributed by atoms with Crippen molar-refractivity contribution in [1.29, 1.82) is 0 Å². The quantitative estimate of drug-likeness (QED) is 0.181. The van der Waals surface area contributed by atoms with E-state index in [1.165, 1.54) is 12.1 Å². The third-order valence-corrected chi connectivity index (χ3v) is 17.9. The number of carbonyl (C=O) groups is 2. The zero-order valence-corrected chi connectivity index (χ0v) is 38.3. The van der Waals surface area contributed by atoms with Crippen LogP contribution < -0.4 is 5.32 Å². The average molecular weight is 943 g/mol. The van der Waals surface area contributed by atoms with Gasteiger partial charge in [-0.25, -0.2) is 4.79 Å². The number of halogens is 2. The summed E-state index contributed by atoms with van der Waals surface area (Å²) in [6.45, 7) is 8.56. The van der Waals surface area contributed by atoms with Crippen LogP contribution >= 0.6 is 23.2 Å². The second kappa shape index (κ2) is 18.0. The maximum absolute atomic E-state index is 14.6. The van der Waals surface area contributed by atoms with Crippen molar-refractivity contribution in [3.63, 3.8) is 0 Å². The van der Waals surface area contributed by atoms with Crippen molar-refractivity contribution in [2.24, 2.45) is 52.3 Å². The molecule has 1 aromatic carbocycles. The molecule has 9 rings (SSSR count). The fraction of sp³-hybridized carbons (Fsp3) is 0.826. The van der Waals surface area contributed by atoms with Gasteiger partial charge in [0.15, 0.2) is 18.4 Å². The highest BCUT2D eigenvalue weighted by Gasteiger charge is 2.71. The number of hydrogen-bond acceptors (Lipinski definition) is 15. The molecule has 8 aliphatic rings. The van der Waals surface area contributed by atoms with Crippen LogP contribution in [0.1, 0.15) is 85.5 Å². The Bertz CT molecular complexity index is 1870. The second-order valence-corrected chi connectivity index (χ2v) is 21.6. The van der Waals surface area contributed by atoms with E-state index in [1.807, 2.05) is 0 Å². The predicted molar refractivity (Wildman–Crippen MR) is 228 cm³/mol. The number of ether oxygens (including phenoxy) is 7. The highest BCUT2D eigenvalue weighted by Crippen LogP contribution is 2.70. The summed E-state index contributed by atoms with van der Waals surface area (Å²) in [4.78, 5) is 27.1. The van der Waals surface area contributed by atoms with Gasteiger partial charge in [-0.3, -0.25) is 10.1 Å². The van der Waals surface area contributed by atoms with Gasteiger partial charge >= 0.3 is 6.09 Å². The van der Waals surface area contributed by atoms with Crippen molar-refractivity contribution in [1.82, 2.24) is 0 Å². The summed E-state index contributed by atoms with van der Waals surface area (Å²) in [6.07, 6.45) is -9.91. The van der Waals surface area contributed by atoms with Crippen LogP contribution in [0.2, 0.25) is 10.0 Å². The number of fused-ring (bicyclic) bond motifs is 7. The molecular formula is C46H65Cl2NO15. The zero-order chi connectivity index (χ0) is 45.6. The SMILES string of the molecule is C[C@@H]1CC[C@@]2(OC1)OC1CC3C4CC[C@H]5C[C@@H](O[C@@H]6O[C@@H](CO)[C@@H](O[C@@H]7O[C@@H](COC(=O)Nc8c(Cl)cccc8Cl)[C@@H](O)[C@H](O)[C@@H]7O)[C@H](O)[C@@H]6O)CC[C@]5(C)C4C(=O)C[C@]3(C)C1[C@@H]2C. The molecule has 8 fully saturated rings. The largest absolute Gasteiger partial charge is 0.446 e. The van der Waals surface area contributed by atoms with E-state index in [0.717, 1.165) is 38.5 Å². The van der Waals surface area contributed by atoms with Crippen molar-refractivity contribution in [3.8, 4) is 0 Å². The van der Waals surface area contributed by atoms with E-state index in [2.05, 4.69) is 33.0 Å². The van der Waals surface area contributed by atoms with E-state index in [9.17, 15) is 40.2 Å². The van der Waals surface area contributed by atoms with E-state index in [4.69, 9.17) is 56.4 Å². The lowest BCUT2D eigenvalue weighted by molar-refractivity contribution is -0.364. The second-order valence-electron chi connectivity index (χ2n) is 20.8. The Balaban J connectivity index is 0.805. The smallest absolute Gasteiger partial charge is 0.411 e. The summed E-state index contributed by atoms with van der Waals surface area (Å²) in [5.74, 6) is 1.69. The summed E-state index contributed by atoms with van der Waals surface area (Å²) in [6, 6.07) is 4.60. The number of para-hydroxylation sites is 1. The lowest BCUT2D eigenvalue weighted by Gasteiger charge is -2.60. The summed E-state index contributed by atoms with van der Waals surface area (Å²) in [7, 11) is 0. The molecule has 0 radical (unpaired) electrons. The van der Waals surface area contributed by atoms with Crippen LogP contribution in [0.5, 0.6) is 0 Å². The van der Waals surface area contributed by atoms with Gasteiger partial charge in [-0.15, -0.1) is 0 Å². The molecule has 1 aromatic rings. The van der Waals surface area contributed by atoms with Crippen LogP contribution in [0.25, 0.3) is 0 Å². The van der Waals surface area contributed by atoms with Crippen molar-refractivity contribution in [3.05, 3.63) is 28.2 Å². The Morgan fingerprint density at radius 3 is 2.27 bits per heavy atom. The van der Waals surface area contributed by atoms with Crippen LogP contribution in [0, 0.1) is 52.3 Å². The normalized spacial score (nSPS) is 50.0. The molecule has 18 heteroatoms. The third kappa shape index (κ3) is 8.04. The number of amides is 1. The molecule has 7 N–H and O–H groups in total. The van der Waals surface area contributed by atoms with E-state index >= 15 is 0 Å². The summed E-state index contributed by atoms with van der Waals surface area (Å²) < 4.78 is 42.6. The summed E-state index contributed by atoms with van der Waals surface area (Å²) >= 11 is 12.2. The number of rotatable bonds is 8. The van der Waals surface area contributed by atoms with Crippen molar-refractivity contribution in [2.45, 2.75) is 165 Å². The number of aliphatic hydroxyl groups is 6. The van der Waals surface area contributed by atoms with Crippen LogP contribution in [-0.4, -0.2) is 142 Å². The van der Waals surface area contributed by atoms with Crippen LogP contribution in [-0.2, 0) is 38.0 Å². The number of Topliss-reactive ketones (excluding diaryl/α,β-unsaturated/α-hetero) is 1. The van der Waals surface area contributed by atoms with Gasteiger partial charge in [-0.1, -0.05) is 57.0 Å². The number of aliphatic hydroxyl groups excluding tert-OH is 6. The van der Waals surface area contributed by atoms with E-state index in [1.54, 1.807) is 6.07 Å². The molecule has 5 unspecified atom stereocenters. The number of carbonyl (C=O) groups excluding carboxylic acids is 2. The molecule has 4 saturated carbocycles. The minimum absolute atomic E-state index is 0.0528. The standard InChI is InChI=1S/C46H65Cl2NO15/c1-20-10-13-46(59-18-20)21(2)32-29(64-46)15-25-24-9-8-22-14-23(11-12-44(22,3)33(24)28(51)16-45(25,32)4)60-41-39(56)37(54)40(30(17-50)61-41)63-42-38(55)36(53)35(52)31(62-42)19-58-43(57)49-34-26(47)6-5-7-27(34)48/h5-7,20-25,29-33,35-42,50,52-56H,8-19H2,1-4H3,(H,49,57)/t20-,21+,22+,23+,24?,25?,29?,30+,31+,32?,33?,35-,36+,37-,38+,39+,40-,41-,42+,44+,45+,46-/m1/s1. The fourth-order valence-electron chi connectivity index (χ4n) is 13.9. The van der Waals surface area contributed by atoms with Gasteiger partial charge in [0.2, 0.25) is 0 Å². The van der Waals surface area contributed by atoms with Gasteiger partial charge in [0.05, 0.1) is 41.2 Å². The number of benzene rings is 1. The molecule has 4 aliphatic heterocycles. The van der Waals surface area contributed by atoms with E-state index < -0.39 is 86.5 Å². The number of anilines is 1. The number of hydrogen-bond donors (Lipinski definition) is 7. The minimum atomic E-state index is -1.85. The third-order valence-electron chi connectivity index (χ3n) is 17.2. The number of nitrogens with one attached hydrogen (secondary N) is 1. The Morgan fingerprint density at radius 1 is 0.859 bits per heavy atom. The molecule has 4 aliphatic carbocycles. The van der Waals surface area contributed by atoms with Crippen molar-refractivity contribution < 1.29 is 73.4 Å². The Labute approximate surface area is 383 Å². The highest BCUT2D eigenvalue weighted by atomic mass is 35.5. The van der Waals surface area contributed by atoms with Gasteiger partial charge in [-0.2, -0.15) is 0 Å². The molecule has 22 atom stereocenters. The number of ketones is 1. The first-order valence-electron chi connectivity index (χ1n) is 23.2.